The highest BCUT2D eigenvalue weighted by Gasteiger charge is 2.15. The predicted molar refractivity (Wildman–Crippen MR) is 102 cm³/mol. The molecule has 0 unspecified atom stereocenters. The van der Waals surface area contributed by atoms with Crippen LogP contribution in [0, 0.1) is 18.3 Å². The molecule has 0 aliphatic carbocycles. The zero-order valence-corrected chi connectivity index (χ0v) is 16.3. The number of nitrogens with zero attached hydrogens (tertiary/aromatic N) is 1. The number of methoxy groups -OCH3 is 1. The molecule has 0 saturated carbocycles. The number of ether oxygens (including phenoxy) is 3. The Labute approximate surface area is 160 Å². The van der Waals surface area contributed by atoms with Crippen molar-refractivity contribution in [3.8, 4) is 23.3 Å². The average molecular weight is 419 g/mol. The van der Waals surface area contributed by atoms with Gasteiger partial charge in [0, 0.05) is 6.07 Å². The number of amides is 1. The lowest BCUT2D eigenvalue weighted by atomic mass is 10.2. The summed E-state index contributed by atoms with van der Waals surface area (Å²) in [5.74, 6) is 1.00. The van der Waals surface area contributed by atoms with Crippen molar-refractivity contribution in [2.75, 3.05) is 25.6 Å². The molecule has 2 rings (SSSR count). The number of halogens is 1. The van der Waals surface area contributed by atoms with Gasteiger partial charge in [-0.15, -0.1) is 0 Å². The zero-order chi connectivity index (χ0) is 19.1. The second-order valence-electron chi connectivity index (χ2n) is 5.37. The van der Waals surface area contributed by atoms with Crippen LogP contribution in [0.15, 0.2) is 34.8 Å². The first-order valence-electron chi connectivity index (χ1n) is 7.92. The summed E-state index contributed by atoms with van der Waals surface area (Å²) in [4.78, 5) is 12.3. The number of nitrogens with one attached hydrogen (secondary N) is 1. The molecule has 1 amide bonds. The summed E-state index contributed by atoms with van der Waals surface area (Å²) in [7, 11) is 1.54. The van der Waals surface area contributed by atoms with E-state index in [-0.39, 0.29) is 12.5 Å². The van der Waals surface area contributed by atoms with Crippen LogP contribution in [0.1, 0.15) is 18.1 Å². The summed E-state index contributed by atoms with van der Waals surface area (Å²) in [6, 6.07) is 10.7. The van der Waals surface area contributed by atoms with Crippen molar-refractivity contribution in [1.29, 1.82) is 5.26 Å². The van der Waals surface area contributed by atoms with Crippen LogP contribution in [-0.4, -0.2) is 26.2 Å². The molecular weight excluding hydrogens is 400 g/mol. The van der Waals surface area contributed by atoms with Gasteiger partial charge < -0.3 is 19.5 Å². The standard InChI is InChI=1S/C19H19BrN2O4/c1-4-25-17-9-13(10-21)8-14(20)19(17)26-11-18(23)22-15-7-12(2)5-6-16(15)24-3/h5-9H,4,11H2,1-3H3,(H,22,23). The lowest BCUT2D eigenvalue weighted by Gasteiger charge is -2.15. The molecule has 2 aromatic rings. The number of rotatable bonds is 7. The molecule has 0 fully saturated rings. The van der Waals surface area contributed by atoms with Gasteiger partial charge in [-0.25, -0.2) is 0 Å². The van der Waals surface area contributed by atoms with Crippen LogP contribution in [0.3, 0.4) is 0 Å². The van der Waals surface area contributed by atoms with E-state index in [1.807, 2.05) is 26.0 Å². The molecule has 0 spiro atoms. The van der Waals surface area contributed by atoms with E-state index in [9.17, 15) is 4.79 Å². The highest BCUT2D eigenvalue weighted by atomic mass is 79.9. The van der Waals surface area contributed by atoms with Gasteiger partial charge in [-0.2, -0.15) is 5.26 Å². The number of nitriles is 1. The molecule has 0 saturated heterocycles. The molecule has 0 bridgehead atoms. The lowest BCUT2D eigenvalue weighted by molar-refractivity contribution is -0.118. The molecule has 136 valence electrons. The van der Waals surface area contributed by atoms with Crippen LogP contribution in [0.5, 0.6) is 17.2 Å². The monoisotopic (exact) mass is 418 g/mol. The normalized spacial score (nSPS) is 9.96. The Kier molecular flexibility index (Phi) is 6.87. The fourth-order valence-corrected chi connectivity index (χ4v) is 2.84. The topological polar surface area (TPSA) is 80.6 Å². The van der Waals surface area contributed by atoms with Gasteiger partial charge in [-0.05, 0) is 53.5 Å². The van der Waals surface area contributed by atoms with E-state index in [2.05, 4.69) is 27.3 Å². The van der Waals surface area contributed by atoms with E-state index >= 15 is 0 Å². The van der Waals surface area contributed by atoms with Gasteiger partial charge in [-0.3, -0.25) is 4.79 Å². The third kappa shape index (κ3) is 4.90. The predicted octanol–water partition coefficient (Wildman–Crippen LogP) is 4.05. The van der Waals surface area contributed by atoms with Crippen molar-refractivity contribution in [2.45, 2.75) is 13.8 Å². The third-order valence-corrected chi connectivity index (χ3v) is 4.00. The molecule has 0 radical (unpaired) electrons. The van der Waals surface area contributed by atoms with E-state index in [0.29, 0.717) is 39.6 Å². The minimum atomic E-state index is -0.340. The SMILES string of the molecule is CCOc1cc(C#N)cc(Br)c1OCC(=O)Nc1cc(C)ccc1OC. The van der Waals surface area contributed by atoms with Crippen LogP contribution >= 0.6 is 15.9 Å². The van der Waals surface area contributed by atoms with Gasteiger partial charge in [0.15, 0.2) is 18.1 Å². The summed E-state index contributed by atoms with van der Waals surface area (Å²) < 4.78 is 16.9. The fraction of sp³-hybridized carbons (Fsp3) is 0.263. The molecule has 0 aromatic heterocycles. The molecular formula is C19H19BrN2O4. The number of carbonyl (C=O) groups excluding carboxylic acids is 1. The molecule has 26 heavy (non-hydrogen) atoms. The van der Waals surface area contributed by atoms with Crippen molar-refractivity contribution in [2.24, 2.45) is 0 Å². The molecule has 7 heteroatoms. The maximum Gasteiger partial charge on any atom is 0.262 e. The first-order valence-corrected chi connectivity index (χ1v) is 8.71. The Balaban J connectivity index is 2.13. The van der Waals surface area contributed by atoms with Gasteiger partial charge >= 0.3 is 0 Å². The molecule has 0 aliphatic rings. The van der Waals surface area contributed by atoms with Gasteiger partial charge in [-0.1, -0.05) is 6.07 Å². The number of carbonyl (C=O) groups is 1. The maximum atomic E-state index is 12.3. The van der Waals surface area contributed by atoms with Crippen LogP contribution in [0.4, 0.5) is 5.69 Å². The van der Waals surface area contributed by atoms with Crippen molar-refractivity contribution in [3.63, 3.8) is 0 Å². The van der Waals surface area contributed by atoms with Gasteiger partial charge in [0.2, 0.25) is 0 Å². The second kappa shape index (κ2) is 9.11. The molecule has 2 aromatic carbocycles. The van der Waals surface area contributed by atoms with Crippen molar-refractivity contribution < 1.29 is 19.0 Å². The molecule has 1 N–H and O–H groups in total. The number of aryl methyl sites for hydroxylation is 1. The highest BCUT2D eigenvalue weighted by molar-refractivity contribution is 9.10. The Bertz CT molecular complexity index is 846. The van der Waals surface area contributed by atoms with Crippen molar-refractivity contribution in [1.82, 2.24) is 0 Å². The van der Waals surface area contributed by atoms with Gasteiger partial charge in [0.25, 0.3) is 5.91 Å². The largest absolute Gasteiger partial charge is 0.495 e. The van der Waals surface area contributed by atoms with E-state index in [4.69, 9.17) is 19.5 Å². The summed E-state index contributed by atoms with van der Waals surface area (Å²) in [5, 5.41) is 11.8. The number of hydrogen-bond acceptors (Lipinski definition) is 5. The smallest absolute Gasteiger partial charge is 0.262 e. The minimum absolute atomic E-state index is 0.221. The van der Waals surface area contributed by atoms with Crippen molar-refractivity contribution >= 4 is 27.5 Å². The Morgan fingerprint density at radius 1 is 1.23 bits per heavy atom. The highest BCUT2D eigenvalue weighted by Crippen LogP contribution is 2.36. The van der Waals surface area contributed by atoms with Crippen molar-refractivity contribution in [3.05, 3.63) is 45.9 Å². The minimum Gasteiger partial charge on any atom is -0.495 e. The van der Waals surface area contributed by atoms with E-state index in [1.54, 1.807) is 25.3 Å². The van der Waals surface area contributed by atoms with E-state index in [0.717, 1.165) is 5.56 Å². The number of anilines is 1. The Morgan fingerprint density at radius 2 is 2.00 bits per heavy atom. The summed E-state index contributed by atoms with van der Waals surface area (Å²) >= 11 is 3.35. The molecule has 0 heterocycles. The van der Waals surface area contributed by atoms with Crippen LogP contribution in [0.25, 0.3) is 0 Å². The molecule has 0 atom stereocenters. The van der Waals surface area contributed by atoms with Gasteiger partial charge in [0.05, 0.1) is 35.5 Å². The Morgan fingerprint density at radius 3 is 2.65 bits per heavy atom. The summed E-state index contributed by atoms with van der Waals surface area (Å²) in [6.45, 7) is 3.94. The van der Waals surface area contributed by atoms with Crippen LogP contribution < -0.4 is 19.5 Å². The number of benzene rings is 2. The van der Waals surface area contributed by atoms with E-state index < -0.39 is 0 Å². The van der Waals surface area contributed by atoms with E-state index in [1.165, 1.54) is 0 Å². The summed E-state index contributed by atoms with van der Waals surface area (Å²) in [5.41, 5.74) is 2.00. The van der Waals surface area contributed by atoms with Crippen LogP contribution in [0.2, 0.25) is 0 Å². The van der Waals surface area contributed by atoms with Crippen LogP contribution in [-0.2, 0) is 4.79 Å². The quantitative estimate of drug-likeness (QED) is 0.733. The third-order valence-electron chi connectivity index (χ3n) is 3.42. The molecule has 6 nitrogen and oxygen atoms in total. The average Bonchev–Trinajstić information content (AvgIpc) is 2.61. The first kappa shape index (κ1) is 19.6. The number of hydrogen-bond donors (Lipinski definition) is 1. The zero-order valence-electron chi connectivity index (χ0n) is 14.8. The summed E-state index contributed by atoms with van der Waals surface area (Å²) in [6.07, 6.45) is 0. The molecule has 0 aliphatic heterocycles. The van der Waals surface area contributed by atoms with Gasteiger partial charge in [0.1, 0.15) is 5.75 Å². The Hall–Kier alpha value is -2.72. The first-order chi connectivity index (χ1) is 12.5. The maximum absolute atomic E-state index is 12.3. The second-order valence-corrected chi connectivity index (χ2v) is 6.23. The fourth-order valence-electron chi connectivity index (χ4n) is 2.28. The lowest BCUT2D eigenvalue weighted by Crippen LogP contribution is -2.21.